The molecule has 2 fully saturated rings. The molecule has 2 aromatic rings. The minimum Gasteiger partial charge on any atom is -0.321 e. The highest BCUT2D eigenvalue weighted by molar-refractivity contribution is 5.89. The molecule has 2 heterocycles. The number of carbonyl (C=O) groups is 1. The van der Waals surface area contributed by atoms with Crippen LogP contribution in [0.15, 0.2) is 54.6 Å². The van der Waals surface area contributed by atoms with Gasteiger partial charge in [-0.2, -0.15) is 5.26 Å². The van der Waals surface area contributed by atoms with E-state index in [1.54, 1.807) is 0 Å². The number of amides is 2. The van der Waals surface area contributed by atoms with Crippen LogP contribution >= 0.6 is 0 Å². The largest absolute Gasteiger partial charge is 0.322 e. The summed E-state index contributed by atoms with van der Waals surface area (Å²) in [4.78, 5) is 17.7. The van der Waals surface area contributed by atoms with Crippen molar-refractivity contribution in [1.29, 1.82) is 5.26 Å². The molecule has 2 amide bonds. The molecule has 2 aromatic carbocycles. The minimum atomic E-state index is 0.0538. The molecule has 0 radical (unpaired) electrons. The topological polar surface area (TPSA) is 59.4 Å². The van der Waals surface area contributed by atoms with Crippen LogP contribution in [-0.4, -0.2) is 41.5 Å². The number of nitriles is 1. The molecule has 2 aliphatic rings. The second kappa shape index (κ2) is 10.5. The maximum absolute atomic E-state index is 13.1. The molecule has 2 saturated heterocycles. The first kappa shape index (κ1) is 21.4. The van der Waals surface area contributed by atoms with Gasteiger partial charge in [0.05, 0.1) is 11.6 Å². The molecule has 2 aliphatic heterocycles. The second-order valence-electron chi connectivity index (χ2n) is 8.83. The standard InChI is InChI=1S/C26H32N4O/c27-19-21-10-12-22(13-11-21)20-29-17-14-23(15-18-29)25-9-5-2-6-16-30(25)26(31)28-24-7-3-1-4-8-24/h1,3-4,7-8,10-13,23,25H,2,5-6,9,14-18,20H2,(H,28,31). The summed E-state index contributed by atoms with van der Waals surface area (Å²) in [6.07, 6.45) is 6.90. The normalized spacial score (nSPS) is 20.6. The number of anilines is 1. The van der Waals surface area contributed by atoms with Gasteiger partial charge < -0.3 is 10.2 Å². The van der Waals surface area contributed by atoms with Gasteiger partial charge in [0.1, 0.15) is 0 Å². The molecule has 5 heteroatoms. The van der Waals surface area contributed by atoms with Crippen molar-refractivity contribution < 1.29 is 4.79 Å². The van der Waals surface area contributed by atoms with Crippen molar-refractivity contribution in [2.24, 2.45) is 5.92 Å². The van der Waals surface area contributed by atoms with Crippen molar-refractivity contribution in [2.45, 2.75) is 51.1 Å². The Labute approximate surface area is 185 Å². The Morgan fingerprint density at radius 3 is 2.39 bits per heavy atom. The summed E-state index contributed by atoms with van der Waals surface area (Å²) < 4.78 is 0. The fraction of sp³-hybridized carbons (Fsp3) is 0.462. The Morgan fingerprint density at radius 1 is 0.935 bits per heavy atom. The molecule has 0 aliphatic carbocycles. The summed E-state index contributed by atoms with van der Waals surface area (Å²) in [6, 6.07) is 20.3. The van der Waals surface area contributed by atoms with E-state index >= 15 is 0 Å². The molecule has 0 aromatic heterocycles. The summed E-state index contributed by atoms with van der Waals surface area (Å²) in [6.45, 7) is 3.92. The molecule has 0 spiro atoms. The third-order valence-corrected chi connectivity index (χ3v) is 6.75. The lowest BCUT2D eigenvalue weighted by Gasteiger charge is -2.40. The molecule has 1 atom stereocenters. The molecule has 0 saturated carbocycles. The van der Waals surface area contributed by atoms with Crippen LogP contribution in [0.5, 0.6) is 0 Å². The van der Waals surface area contributed by atoms with Gasteiger partial charge in [-0.3, -0.25) is 4.90 Å². The van der Waals surface area contributed by atoms with Crippen LogP contribution in [0, 0.1) is 17.2 Å². The number of piperidine rings is 1. The fourth-order valence-electron chi connectivity index (χ4n) is 5.03. The van der Waals surface area contributed by atoms with Crippen LogP contribution in [0.2, 0.25) is 0 Å². The van der Waals surface area contributed by atoms with Crippen LogP contribution in [0.1, 0.15) is 49.7 Å². The molecule has 0 bridgehead atoms. The Kier molecular flexibility index (Phi) is 7.22. The predicted molar refractivity (Wildman–Crippen MR) is 124 cm³/mol. The molecular weight excluding hydrogens is 384 g/mol. The van der Waals surface area contributed by atoms with E-state index in [2.05, 4.69) is 33.3 Å². The first-order valence-electron chi connectivity index (χ1n) is 11.6. The summed E-state index contributed by atoms with van der Waals surface area (Å²) in [5.41, 5.74) is 2.84. The predicted octanol–water partition coefficient (Wildman–Crippen LogP) is 5.25. The Morgan fingerprint density at radius 2 is 1.68 bits per heavy atom. The number of benzene rings is 2. The van der Waals surface area contributed by atoms with Crippen LogP contribution in [-0.2, 0) is 6.54 Å². The highest BCUT2D eigenvalue weighted by Crippen LogP contribution is 2.31. The minimum absolute atomic E-state index is 0.0538. The van der Waals surface area contributed by atoms with Crippen LogP contribution in [0.25, 0.3) is 0 Å². The number of carbonyl (C=O) groups excluding carboxylic acids is 1. The quantitative estimate of drug-likeness (QED) is 0.741. The van der Waals surface area contributed by atoms with Gasteiger partial charge >= 0.3 is 6.03 Å². The van der Waals surface area contributed by atoms with E-state index in [9.17, 15) is 4.79 Å². The van der Waals surface area contributed by atoms with Gasteiger partial charge in [-0.25, -0.2) is 4.79 Å². The first-order valence-corrected chi connectivity index (χ1v) is 11.6. The van der Waals surface area contributed by atoms with Crippen molar-refractivity contribution in [2.75, 3.05) is 25.0 Å². The molecule has 1 N–H and O–H groups in total. The smallest absolute Gasteiger partial charge is 0.321 e. The maximum atomic E-state index is 13.1. The third kappa shape index (κ3) is 5.65. The van der Waals surface area contributed by atoms with E-state index in [1.807, 2.05) is 42.5 Å². The van der Waals surface area contributed by atoms with Crippen LogP contribution < -0.4 is 5.32 Å². The molecule has 162 valence electrons. The number of hydrogen-bond acceptors (Lipinski definition) is 3. The molecule has 4 rings (SSSR count). The van der Waals surface area contributed by atoms with E-state index < -0.39 is 0 Å². The lowest BCUT2D eigenvalue weighted by Crippen LogP contribution is -2.49. The number of para-hydroxylation sites is 1. The Hall–Kier alpha value is -2.84. The monoisotopic (exact) mass is 416 g/mol. The third-order valence-electron chi connectivity index (χ3n) is 6.75. The van der Waals surface area contributed by atoms with Crippen molar-refractivity contribution in [1.82, 2.24) is 9.80 Å². The zero-order valence-electron chi connectivity index (χ0n) is 18.2. The van der Waals surface area contributed by atoms with Crippen molar-refractivity contribution >= 4 is 11.7 Å². The molecule has 31 heavy (non-hydrogen) atoms. The van der Waals surface area contributed by atoms with E-state index in [0.717, 1.165) is 57.5 Å². The van der Waals surface area contributed by atoms with E-state index in [4.69, 9.17) is 5.26 Å². The van der Waals surface area contributed by atoms with Gasteiger partial charge in [0, 0.05) is 24.8 Å². The van der Waals surface area contributed by atoms with E-state index in [-0.39, 0.29) is 6.03 Å². The fourth-order valence-corrected chi connectivity index (χ4v) is 5.03. The number of urea groups is 1. The molecular formula is C26H32N4O. The lowest BCUT2D eigenvalue weighted by molar-refractivity contribution is 0.103. The van der Waals surface area contributed by atoms with Gasteiger partial charge in [0.25, 0.3) is 0 Å². The molecule has 5 nitrogen and oxygen atoms in total. The zero-order chi connectivity index (χ0) is 21.5. The SMILES string of the molecule is N#Cc1ccc(CN2CCC(C3CCCCCN3C(=O)Nc3ccccc3)CC2)cc1. The van der Waals surface area contributed by atoms with E-state index in [1.165, 1.54) is 18.4 Å². The second-order valence-corrected chi connectivity index (χ2v) is 8.83. The Balaban J connectivity index is 1.35. The van der Waals surface area contributed by atoms with Gasteiger partial charge in [0.2, 0.25) is 0 Å². The van der Waals surface area contributed by atoms with Crippen LogP contribution in [0.4, 0.5) is 10.5 Å². The number of rotatable bonds is 4. The zero-order valence-corrected chi connectivity index (χ0v) is 18.2. The van der Waals surface area contributed by atoms with Gasteiger partial charge in [-0.15, -0.1) is 0 Å². The number of nitrogens with one attached hydrogen (secondary N) is 1. The van der Waals surface area contributed by atoms with Crippen molar-refractivity contribution in [3.63, 3.8) is 0 Å². The van der Waals surface area contributed by atoms with Crippen molar-refractivity contribution in [3.05, 3.63) is 65.7 Å². The number of nitrogens with zero attached hydrogens (tertiary/aromatic N) is 3. The van der Waals surface area contributed by atoms with Crippen LogP contribution in [0.3, 0.4) is 0 Å². The van der Waals surface area contributed by atoms with Crippen molar-refractivity contribution in [3.8, 4) is 6.07 Å². The summed E-state index contributed by atoms with van der Waals surface area (Å²) in [7, 11) is 0. The van der Waals surface area contributed by atoms with Gasteiger partial charge in [0.15, 0.2) is 0 Å². The number of likely N-dealkylation sites (tertiary alicyclic amines) is 2. The maximum Gasteiger partial charge on any atom is 0.322 e. The van der Waals surface area contributed by atoms with Gasteiger partial charge in [-0.05, 0) is 74.5 Å². The summed E-state index contributed by atoms with van der Waals surface area (Å²) >= 11 is 0. The Bertz CT molecular complexity index is 882. The van der Waals surface area contributed by atoms with Gasteiger partial charge in [-0.1, -0.05) is 43.2 Å². The lowest BCUT2D eigenvalue weighted by atomic mass is 9.86. The highest BCUT2D eigenvalue weighted by Gasteiger charge is 2.34. The highest BCUT2D eigenvalue weighted by atomic mass is 16.2. The average molecular weight is 417 g/mol. The molecule has 1 unspecified atom stereocenters. The number of hydrogen-bond donors (Lipinski definition) is 1. The average Bonchev–Trinajstić information content (AvgIpc) is 3.07. The summed E-state index contributed by atoms with van der Waals surface area (Å²) in [5, 5.41) is 12.1. The van der Waals surface area contributed by atoms with E-state index in [0.29, 0.717) is 17.5 Å². The first-order chi connectivity index (χ1) is 15.2. The summed E-state index contributed by atoms with van der Waals surface area (Å²) in [5.74, 6) is 0.567.